The summed E-state index contributed by atoms with van der Waals surface area (Å²) in [6.45, 7) is 3.10. The van der Waals surface area contributed by atoms with Crippen LogP contribution in [-0.4, -0.2) is 20.0 Å². The molecule has 0 aliphatic rings. The van der Waals surface area contributed by atoms with Crippen molar-refractivity contribution < 1.29 is 0 Å². The van der Waals surface area contributed by atoms with E-state index in [0.717, 1.165) is 17.0 Å². The second-order valence-electron chi connectivity index (χ2n) is 4.97. The molecule has 5 nitrogen and oxygen atoms in total. The van der Waals surface area contributed by atoms with E-state index < -0.39 is 0 Å². The highest BCUT2D eigenvalue weighted by molar-refractivity contribution is 5.60. The zero-order valence-electron chi connectivity index (χ0n) is 11.9. The predicted molar refractivity (Wildman–Crippen MR) is 81.4 cm³/mol. The van der Waals surface area contributed by atoms with Crippen LogP contribution in [0.25, 0.3) is 11.3 Å². The van der Waals surface area contributed by atoms with Crippen LogP contribution in [0.2, 0.25) is 0 Å². The highest BCUT2D eigenvalue weighted by atomic mass is 15.4. The SMILES string of the molecule is Cc1ccc(Cn2nnc(CN)c2-c2cccnc2)cc1. The number of aromatic nitrogens is 4. The third kappa shape index (κ3) is 2.83. The van der Waals surface area contributed by atoms with Crippen molar-refractivity contribution in [3.05, 3.63) is 65.6 Å². The van der Waals surface area contributed by atoms with Gasteiger partial charge in [0.2, 0.25) is 0 Å². The Bertz CT molecular complexity index is 716. The zero-order chi connectivity index (χ0) is 14.7. The van der Waals surface area contributed by atoms with Crippen molar-refractivity contribution in [2.75, 3.05) is 0 Å². The Morgan fingerprint density at radius 3 is 2.62 bits per heavy atom. The van der Waals surface area contributed by atoms with E-state index in [4.69, 9.17) is 5.73 Å². The quantitative estimate of drug-likeness (QED) is 0.794. The lowest BCUT2D eigenvalue weighted by molar-refractivity contribution is 0.654. The number of hydrogen-bond donors (Lipinski definition) is 1. The molecule has 0 spiro atoms. The van der Waals surface area contributed by atoms with Gasteiger partial charge in [-0.25, -0.2) is 4.68 Å². The minimum atomic E-state index is 0.359. The van der Waals surface area contributed by atoms with Crippen LogP contribution < -0.4 is 5.73 Å². The number of benzene rings is 1. The molecule has 0 atom stereocenters. The van der Waals surface area contributed by atoms with Gasteiger partial charge in [0.1, 0.15) is 5.69 Å². The molecular formula is C16H17N5. The molecule has 0 saturated heterocycles. The molecule has 0 saturated carbocycles. The van der Waals surface area contributed by atoms with Crippen LogP contribution in [0.3, 0.4) is 0 Å². The molecule has 0 bridgehead atoms. The second kappa shape index (κ2) is 5.85. The first kappa shape index (κ1) is 13.5. The van der Waals surface area contributed by atoms with Gasteiger partial charge in [0.05, 0.1) is 12.2 Å². The van der Waals surface area contributed by atoms with Crippen molar-refractivity contribution in [3.63, 3.8) is 0 Å². The number of rotatable bonds is 4. The van der Waals surface area contributed by atoms with Crippen LogP contribution in [0.1, 0.15) is 16.8 Å². The summed E-state index contributed by atoms with van der Waals surface area (Å²) in [5, 5.41) is 8.42. The van der Waals surface area contributed by atoms with Gasteiger partial charge in [-0.2, -0.15) is 0 Å². The molecule has 0 amide bonds. The second-order valence-corrected chi connectivity index (χ2v) is 4.97. The summed E-state index contributed by atoms with van der Waals surface area (Å²) in [6, 6.07) is 12.3. The summed E-state index contributed by atoms with van der Waals surface area (Å²) < 4.78 is 1.88. The minimum Gasteiger partial charge on any atom is -0.325 e. The van der Waals surface area contributed by atoms with E-state index >= 15 is 0 Å². The Morgan fingerprint density at radius 2 is 1.95 bits per heavy atom. The van der Waals surface area contributed by atoms with Gasteiger partial charge in [0.25, 0.3) is 0 Å². The summed E-state index contributed by atoms with van der Waals surface area (Å²) in [5.74, 6) is 0. The third-order valence-electron chi connectivity index (χ3n) is 3.39. The maximum atomic E-state index is 5.78. The predicted octanol–water partition coefficient (Wildman–Crippen LogP) is 2.16. The Kier molecular flexibility index (Phi) is 3.75. The normalized spacial score (nSPS) is 10.8. The van der Waals surface area contributed by atoms with E-state index in [-0.39, 0.29) is 0 Å². The van der Waals surface area contributed by atoms with Gasteiger partial charge in [-0.3, -0.25) is 4.98 Å². The fourth-order valence-electron chi connectivity index (χ4n) is 2.28. The molecule has 2 aromatic heterocycles. The summed E-state index contributed by atoms with van der Waals surface area (Å²) in [4.78, 5) is 4.17. The average molecular weight is 279 g/mol. The van der Waals surface area contributed by atoms with Gasteiger partial charge in [-0.1, -0.05) is 35.0 Å². The maximum Gasteiger partial charge on any atom is 0.104 e. The molecule has 3 aromatic rings. The lowest BCUT2D eigenvalue weighted by Crippen LogP contribution is -2.06. The highest BCUT2D eigenvalue weighted by Gasteiger charge is 2.14. The first-order valence-corrected chi connectivity index (χ1v) is 6.86. The van der Waals surface area contributed by atoms with Crippen molar-refractivity contribution in [1.29, 1.82) is 0 Å². The van der Waals surface area contributed by atoms with Gasteiger partial charge in [-0.05, 0) is 24.6 Å². The van der Waals surface area contributed by atoms with Crippen molar-refractivity contribution in [3.8, 4) is 11.3 Å². The van der Waals surface area contributed by atoms with E-state index in [1.807, 2.05) is 23.0 Å². The molecule has 1 aromatic carbocycles. The molecule has 3 rings (SSSR count). The fraction of sp³-hybridized carbons (Fsp3) is 0.188. The van der Waals surface area contributed by atoms with Gasteiger partial charge >= 0.3 is 0 Å². The van der Waals surface area contributed by atoms with E-state index in [2.05, 4.69) is 46.5 Å². The summed E-state index contributed by atoms with van der Waals surface area (Å²) >= 11 is 0. The van der Waals surface area contributed by atoms with E-state index in [1.54, 1.807) is 6.20 Å². The van der Waals surface area contributed by atoms with Crippen LogP contribution >= 0.6 is 0 Å². The monoisotopic (exact) mass is 279 g/mol. The molecule has 2 N–H and O–H groups in total. The molecule has 106 valence electrons. The van der Waals surface area contributed by atoms with Gasteiger partial charge in [-0.15, -0.1) is 5.10 Å². The highest BCUT2D eigenvalue weighted by Crippen LogP contribution is 2.22. The number of aryl methyl sites for hydroxylation is 1. The van der Waals surface area contributed by atoms with Crippen molar-refractivity contribution >= 4 is 0 Å². The Morgan fingerprint density at radius 1 is 1.14 bits per heavy atom. The Labute approximate surface area is 123 Å². The van der Waals surface area contributed by atoms with Crippen LogP contribution in [0, 0.1) is 6.92 Å². The van der Waals surface area contributed by atoms with Gasteiger partial charge in [0.15, 0.2) is 0 Å². The molecule has 5 heteroatoms. The molecule has 0 radical (unpaired) electrons. The van der Waals surface area contributed by atoms with Crippen molar-refractivity contribution in [1.82, 2.24) is 20.0 Å². The smallest absolute Gasteiger partial charge is 0.104 e. The lowest BCUT2D eigenvalue weighted by Gasteiger charge is -2.08. The summed E-state index contributed by atoms with van der Waals surface area (Å²) in [6.07, 6.45) is 3.56. The maximum absolute atomic E-state index is 5.78. The molecule has 0 fully saturated rings. The molecule has 0 unspecified atom stereocenters. The van der Waals surface area contributed by atoms with Crippen LogP contribution in [0.5, 0.6) is 0 Å². The largest absolute Gasteiger partial charge is 0.325 e. The zero-order valence-corrected chi connectivity index (χ0v) is 11.9. The minimum absolute atomic E-state index is 0.359. The lowest BCUT2D eigenvalue weighted by atomic mass is 10.1. The number of nitrogens with zero attached hydrogens (tertiary/aromatic N) is 4. The number of nitrogens with two attached hydrogens (primary N) is 1. The number of hydrogen-bond acceptors (Lipinski definition) is 4. The summed E-state index contributed by atoms with van der Waals surface area (Å²) in [5.41, 5.74) is 10.9. The first-order valence-electron chi connectivity index (χ1n) is 6.86. The van der Waals surface area contributed by atoms with Crippen molar-refractivity contribution in [2.45, 2.75) is 20.0 Å². The van der Waals surface area contributed by atoms with Gasteiger partial charge in [0, 0.05) is 24.5 Å². The average Bonchev–Trinajstić information content (AvgIpc) is 2.93. The molecule has 21 heavy (non-hydrogen) atoms. The van der Waals surface area contributed by atoms with Gasteiger partial charge < -0.3 is 5.73 Å². The third-order valence-corrected chi connectivity index (χ3v) is 3.39. The number of pyridine rings is 1. The molecule has 2 heterocycles. The standard InChI is InChI=1S/C16H17N5/c1-12-4-6-13(7-5-12)11-21-16(15(9-17)19-20-21)14-3-2-8-18-10-14/h2-8,10H,9,11,17H2,1H3. The summed E-state index contributed by atoms with van der Waals surface area (Å²) in [7, 11) is 0. The van der Waals surface area contributed by atoms with Crippen LogP contribution in [-0.2, 0) is 13.1 Å². The topological polar surface area (TPSA) is 69.6 Å². The molecule has 0 aliphatic carbocycles. The van der Waals surface area contributed by atoms with Crippen LogP contribution in [0.4, 0.5) is 0 Å². The van der Waals surface area contributed by atoms with E-state index in [1.165, 1.54) is 11.1 Å². The Balaban J connectivity index is 1.99. The molecular weight excluding hydrogens is 262 g/mol. The first-order chi connectivity index (χ1) is 10.3. The van der Waals surface area contributed by atoms with E-state index in [0.29, 0.717) is 13.1 Å². The van der Waals surface area contributed by atoms with Crippen molar-refractivity contribution in [2.24, 2.45) is 5.73 Å². The Hall–Kier alpha value is -2.53. The van der Waals surface area contributed by atoms with E-state index in [9.17, 15) is 0 Å². The fourth-order valence-corrected chi connectivity index (χ4v) is 2.28. The molecule has 0 aliphatic heterocycles. The van der Waals surface area contributed by atoms with Crippen LogP contribution in [0.15, 0.2) is 48.8 Å².